The molecule has 1 saturated heterocycles. The molecule has 0 unspecified atom stereocenters. The second kappa shape index (κ2) is 10.3. The molecule has 5 nitrogen and oxygen atoms in total. The number of anilines is 1. The van der Waals surface area contributed by atoms with E-state index in [1.54, 1.807) is 17.0 Å². The van der Waals surface area contributed by atoms with E-state index in [0.29, 0.717) is 32.3 Å². The van der Waals surface area contributed by atoms with Gasteiger partial charge in [-0.1, -0.05) is 54.1 Å². The number of hydrogen-bond acceptors (Lipinski definition) is 6. The van der Waals surface area contributed by atoms with E-state index >= 15 is 0 Å². The third-order valence-electron chi connectivity index (χ3n) is 4.19. The molecule has 29 heavy (non-hydrogen) atoms. The third kappa shape index (κ3) is 6.37. The Morgan fingerprint density at radius 3 is 2.72 bits per heavy atom. The van der Waals surface area contributed by atoms with Crippen molar-refractivity contribution in [1.82, 2.24) is 9.88 Å². The van der Waals surface area contributed by atoms with Gasteiger partial charge in [-0.05, 0) is 43.5 Å². The van der Waals surface area contributed by atoms with Gasteiger partial charge in [0.2, 0.25) is 5.91 Å². The maximum absolute atomic E-state index is 12.6. The molecule has 0 saturated carbocycles. The van der Waals surface area contributed by atoms with Crippen LogP contribution in [-0.2, 0) is 9.59 Å². The average molecular weight is 466 g/mol. The number of carbonyl (C=O) groups is 2. The van der Waals surface area contributed by atoms with E-state index in [1.807, 2.05) is 30.5 Å². The lowest BCUT2D eigenvalue weighted by atomic mass is 10.2. The van der Waals surface area contributed by atoms with Crippen molar-refractivity contribution in [2.24, 2.45) is 0 Å². The summed E-state index contributed by atoms with van der Waals surface area (Å²) in [5.74, 6) is -0.0947. The molecule has 0 radical (unpaired) electrons. The smallest absolute Gasteiger partial charge is 0.266 e. The van der Waals surface area contributed by atoms with Crippen molar-refractivity contribution < 1.29 is 9.59 Å². The number of nitrogens with zero attached hydrogens (tertiary/aromatic N) is 2. The van der Waals surface area contributed by atoms with E-state index in [-0.39, 0.29) is 11.8 Å². The van der Waals surface area contributed by atoms with E-state index in [2.05, 4.69) is 10.3 Å². The zero-order valence-corrected chi connectivity index (χ0v) is 19.0. The molecule has 0 bridgehead atoms. The largest absolute Gasteiger partial charge is 0.302 e. The van der Waals surface area contributed by atoms with E-state index < -0.39 is 0 Å². The second-order valence-corrected chi connectivity index (χ2v) is 9.51. The Bertz CT molecular complexity index is 941. The van der Waals surface area contributed by atoms with Crippen LogP contribution in [0.2, 0.25) is 5.02 Å². The van der Waals surface area contributed by atoms with E-state index in [0.717, 1.165) is 30.5 Å². The predicted molar refractivity (Wildman–Crippen MR) is 125 cm³/mol. The number of aromatic nitrogens is 1. The summed E-state index contributed by atoms with van der Waals surface area (Å²) in [6, 6.07) is 7.32. The van der Waals surface area contributed by atoms with Gasteiger partial charge in [-0.2, -0.15) is 0 Å². The Morgan fingerprint density at radius 1 is 1.28 bits per heavy atom. The van der Waals surface area contributed by atoms with Gasteiger partial charge in [-0.25, -0.2) is 4.98 Å². The van der Waals surface area contributed by atoms with E-state index in [1.165, 1.54) is 23.1 Å². The molecule has 1 fully saturated rings. The molecule has 1 N–H and O–H groups in total. The van der Waals surface area contributed by atoms with Crippen molar-refractivity contribution in [2.75, 3.05) is 11.9 Å². The molecule has 2 amide bonds. The minimum atomic E-state index is -0.0631. The van der Waals surface area contributed by atoms with Crippen LogP contribution in [0, 0.1) is 6.92 Å². The zero-order chi connectivity index (χ0) is 20.8. The third-order valence-corrected chi connectivity index (χ3v) is 6.70. The van der Waals surface area contributed by atoms with Crippen molar-refractivity contribution in [1.29, 1.82) is 0 Å². The Morgan fingerprint density at radius 2 is 2.03 bits per heavy atom. The monoisotopic (exact) mass is 465 g/mol. The number of rotatable bonds is 8. The van der Waals surface area contributed by atoms with Crippen LogP contribution in [0.15, 0.2) is 34.6 Å². The topological polar surface area (TPSA) is 62.3 Å². The molecule has 0 atom stereocenters. The highest BCUT2D eigenvalue weighted by molar-refractivity contribution is 8.26. The molecule has 9 heteroatoms. The van der Waals surface area contributed by atoms with Gasteiger partial charge in [0.1, 0.15) is 4.32 Å². The number of amides is 2. The fraction of sp³-hybridized carbons (Fsp3) is 0.300. The van der Waals surface area contributed by atoms with E-state index in [9.17, 15) is 9.59 Å². The quantitative estimate of drug-likeness (QED) is 0.316. The van der Waals surface area contributed by atoms with Crippen molar-refractivity contribution >= 4 is 74.3 Å². The van der Waals surface area contributed by atoms with Crippen molar-refractivity contribution in [2.45, 2.75) is 32.6 Å². The minimum Gasteiger partial charge on any atom is -0.302 e. The van der Waals surface area contributed by atoms with Gasteiger partial charge in [-0.3, -0.25) is 14.5 Å². The number of hydrogen-bond donors (Lipinski definition) is 1. The fourth-order valence-corrected chi connectivity index (χ4v) is 4.87. The second-order valence-electron chi connectivity index (χ2n) is 6.54. The minimum absolute atomic E-state index is 0.0316. The first kappa shape index (κ1) is 22.0. The molecule has 1 aromatic heterocycles. The highest BCUT2D eigenvalue weighted by Crippen LogP contribution is 2.33. The number of benzene rings is 1. The maximum Gasteiger partial charge on any atom is 0.266 e. The zero-order valence-electron chi connectivity index (χ0n) is 15.8. The van der Waals surface area contributed by atoms with Gasteiger partial charge in [0.25, 0.3) is 5.91 Å². The summed E-state index contributed by atoms with van der Waals surface area (Å²) in [6.07, 6.45) is 4.67. The summed E-state index contributed by atoms with van der Waals surface area (Å²) in [7, 11) is 0. The Balaban J connectivity index is 1.41. The lowest BCUT2D eigenvalue weighted by Gasteiger charge is -2.14. The van der Waals surface area contributed by atoms with Gasteiger partial charge in [-0.15, -0.1) is 11.3 Å². The summed E-state index contributed by atoms with van der Waals surface area (Å²) in [4.78, 5) is 31.0. The Kier molecular flexibility index (Phi) is 7.83. The van der Waals surface area contributed by atoms with Crippen LogP contribution < -0.4 is 5.32 Å². The maximum atomic E-state index is 12.6. The van der Waals surface area contributed by atoms with Crippen LogP contribution >= 0.6 is 46.9 Å². The fourth-order valence-electron chi connectivity index (χ4n) is 2.73. The van der Waals surface area contributed by atoms with E-state index in [4.69, 9.17) is 23.8 Å². The molecule has 0 spiro atoms. The summed E-state index contributed by atoms with van der Waals surface area (Å²) < 4.78 is 0.576. The first-order valence-corrected chi connectivity index (χ1v) is 11.6. The van der Waals surface area contributed by atoms with Gasteiger partial charge in [0.05, 0.1) is 10.6 Å². The Labute approximate surface area is 188 Å². The molecule has 1 aromatic carbocycles. The molecule has 3 rings (SSSR count). The highest BCUT2D eigenvalue weighted by Gasteiger charge is 2.31. The highest BCUT2D eigenvalue weighted by atomic mass is 35.5. The first-order chi connectivity index (χ1) is 13.9. The van der Waals surface area contributed by atoms with Crippen molar-refractivity contribution in [3.8, 4) is 0 Å². The summed E-state index contributed by atoms with van der Waals surface area (Å²) in [5.41, 5.74) is 1.82. The van der Waals surface area contributed by atoms with Gasteiger partial charge >= 0.3 is 0 Å². The van der Waals surface area contributed by atoms with Crippen molar-refractivity contribution in [3.63, 3.8) is 0 Å². The SMILES string of the molecule is Cc1csc(NC(=O)CCCCCN2C(=O)C(=Cc3ccc(Cl)cc3)SC2=S)n1. The van der Waals surface area contributed by atoms with Gasteiger partial charge < -0.3 is 5.32 Å². The molecule has 152 valence electrons. The van der Waals surface area contributed by atoms with Gasteiger partial charge in [0, 0.05) is 23.4 Å². The Hall–Kier alpha value is -1.74. The molecule has 2 heterocycles. The molecule has 1 aliphatic heterocycles. The number of thiazole rings is 1. The van der Waals surface area contributed by atoms with Crippen LogP contribution in [0.1, 0.15) is 36.9 Å². The molecule has 2 aromatic rings. The average Bonchev–Trinajstić information content (AvgIpc) is 3.20. The number of thiocarbonyl (C=S) groups is 1. The molecular weight excluding hydrogens is 446 g/mol. The molecular formula is C20H20ClN3O2S3. The number of nitrogens with one attached hydrogen (secondary N) is 1. The normalized spacial score (nSPS) is 15.4. The number of thioether (sulfide) groups is 1. The lowest BCUT2D eigenvalue weighted by molar-refractivity contribution is -0.122. The molecule has 1 aliphatic rings. The first-order valence-electron chi connectivity index (χ1n) is 9.15. The summed E-state index contributed by atoms with van der Waals surface area (Å²) in [6.45, 7) is 2.46. The van der Waals surface area contributed by atoms with Crippen LogP contribution in [0.3, 0.4) is 0 Å². The summed E-state index contributed by atoms with van der Waals surface area (Å²) >= 11 is 14.0. The van der Waals surface area contributed by atoms with Crippen LogP contribution in [0.4, 0.5) is 5.13 Å². The predicted octanol–water partition coefficient (Wildman–Crippen LogP) is 5.51. The number of halogens is 1. The number of carbonyl (C=O) groups excluding carboxylic acids is 2. The lowest BCUT2D eigenvalue weighted by Crippen LogP contribution is -2.29. The van der Waals surface area contributed by atoms with Crippen LogP contribution in [0.25, 0.3) is 6.08 Å². The number of aryl methyl sites for hydroxylation is 1. The standard InChI is InChI=1S/C20H20ClN3O2S3/c1-13-12-28-19(22-13)23-17(25)5-3-2-4-10-24-18(26)16(29-20(24)27)11-14-6-8-15(21)9-7-14/h6-9,11-12H,2-5,10H2,1H3,(H,22,23,25). The van der Waals surface area contributed by atoms with Crippen LogP contribution in [-0.4, -0.2) is 32.6 Å². The van der Waals surface area contributed by atoms with Crippen LogP contribution in [0.5, 0.6) is 0 Å². The summed E-state index contributed by atoms with van der Waals surface area (Å²) in [5, 5.41) is 6.00. The van der Waals surface area contributed by atoms with Gasteiger partial charge in [0.15, 0.2) is 5.13 Å². The molecule has 0 aliphatic carbocycles. The van der Waals surface area contributed by atoms with Crippen molar-refractivity contribution in [3.05, 3.63) is 50.8 Å². The number of unbranched alkanes of at least 4 members (excludes halogenated alkanes) is 2.